The fourth-order valence-corrected chi connectivity index (χ4v) is 4.16. The Hall–Kier alpha value is -2.79. The zero-order valence-electron chi connectivity index (χ0n) is 15.7. The van der Waals surface area contributed by atoms with Crippen LogP contribution in [0.1, 0.15) is 0 Å². The molecular formula is C18H22FN5O4S. The molecule has 1 N–H and O–H groups in total. The molecule has 0 saturated carbocycles. The summed E-state index contributed by atoms with van der Waals surface area (Å²) in [6.45, 7) is 1.19. The first kappa shape index (κ1) is 20.9. The number of benzene rings is 1. The van der Waals surface area contributed by atoms with Crippen molar-refractivity contribution < 1.29 is 22.3 Å². The molecule has 3 rings (SSSR count). The van der Waals surface area contributed by atoms with E-state index in [2.05, 4.69) is 15.3 Å². The van der Waals surface area contributed by atoms with Crippen molar-refractivity contribution in [3.8, 4) is 5.75 Å². The smallest absolute Gasteiger partial charge is 0.257 e. The number of sulfonamides is 1. The van der Waals surface area contributed by atoms with Crippen LogP contribution in [0.2, 0.25) is 0 Å². The number of carbonyl (C=O) groups excluding carboxylic acids is 1. The monoisotopic (exact) mass is 423 g/mol. The molecule has 1 fully saturated rings. The molecule has 9 nitrogen and oxygen atoms in total. The minimum atomic E-state index is -3.51. The molecule has 0 radical (unpaired) electrons. The van der Waals surface area contributed by atoms with Crippen molar-refractivity contribution in [3.63, 3.8) is 0 Å². The van der Waals surface area contributed by atoms with Gasteiger partial charge in [-0.1, -0.05) is 12.1 Å². The summed E-state index contributed by atoms with van der Waals surface area (Å²) in [7, 11) is -3.51. The zero-order chi connectivity index (χ0) is 20.7. The molecule has 2 aromatic rings. The van der Waals surface area contributed by atoms with E-state index >= 15 is 0 Å². The molecule has 1 aliphatic heterocycles. The molecule has 0 aliphatic carbocycles. The molecule has 0 bridgehead atoms. The molecule has 1 aromatic heterocycles. The summed E-state index contributed by atoms with van der Waals surface area (Å²) in [4.78, 5) is 22.1. The molecule has 1 aromatic carbocycles. The van der Waals surface area contributed by atoms with Crippen LogP contribution in [0.5, 0.6) is 5.75 Å². The molecule has 0 unspecified atom stereocenters. The highest BCUT2D eigenvalue weighted by molar-refractivity contribution is 7.89. The van der Waals surface area contributed by atoms with Crippen LogP contribution in [0.3, 0.4) is 0 Å². The first-order chi connectivity index (χ1) is 14.0. The van der Waals surface area contributed by atoms with Crippen LogP contribution < -0.4 is 15.0 Å². The lowest BCUT2D eigenvalue weighted by atomic mass is 10.3. The van der Waals surface area contributed by atoms with E-state index in [4.69, 9.17) is 4.74 Å². The van der Waals surface area contributed by atoms with Crippen molar-refractivity contribution in [3.05, 3.63) is 48.5 Å². The Morgan fingerprint density at radius 1 is 1.10 bits per heavy atom. The fraction of sp³-hybridized carbons (Fsp3) is 0.389. The average molecular weight is 423 g/mol. The highest BCUT2D eigenvalue weighted by Crippen LogP contribution is 2.15. The standard InChI is InChI=1S/C18H22FN5O4S/c19-15-4-1-2-5-16(15)28-14-17(25)20-8-13-29(26,27)24-11-9-23(10-12-24)18-21-6-3-7-22-18/h1-7H,8-14H2,(H,20,25). The third-order valence-corrected chi connectivity index (χ3v) is 6.22. The number of hydrogen-bond donors (Lipinski definition) is 1. The van der Waals surface area contributed by atoms with Gasteiger partial charge in [0.2, 0.25) is 16.0 Å². The number of para-hydroxylation sites is 1. The fourth-order valence-electron chi connectivity index (χ4n) is 2.83. The van der Waals surface area contributed by atoms with Crippen LogP contribution in [-0.4, -0.2) is 73.7 Å². The van der Waals surface area contributed by atoms with Gasteiger partial charge in [0.15, 0.2) is 18.2 Å². The SMILES string of the molecule is O=C(COc1ccccc1F)NCCS(=O)(=O)N1CCN(c2ncccn2)CC1. The van der Waals surface area contributed by atoms with Crippen molar-refractivity contribution in [2.75, 3.05) is 50.0 Å². The number of aromatic nitrogens is 2. The number of rotatable bonds is 8. The van der Waals surface area contributed by atoms with E-state index in [1.165, 1.54) is 22.5 Å². The third-order valence-electron chi connectivity index (χ3n) is 4.34. The highest BCUT2D eigenvalue weighted by Gasteiger charge is 2.27. The summed E-state index contributed by atoms with van der Waals surface area (Å²) in [5.74, 6) is -0.764. The van der Waals surface area contributed by atoms with Gasteiger partial charge in [0.25, 0.3) is 5.91 Å². The summed E-state index contributed by atoms with van der Waals surface area (Å²) < 4.78 is 44.9. The number of anilines is 1. The maximum absolute atomic E-state index is 13.4. The van der Waals surface area contributed by atoms with Crippen LogP contribution in [-0.2, 0) is 14.8 Å². The van der Waals surface area contributed by atoms with Crippen LogP contribution in [0.15, 0.2) is 42.7 Å². The number of ether oxygens (including phenoxy) is 1. The minimum absolute atomic E-state index is 0.0319. The summed E-state index contributed by atoms with van der Waals surface area (Å²) in [6.07, 6.45) is 3.29. The number of hydrogen-bond acceptors (Lipinski definition) is 7. The average Bonchev–Trinajstić information content (AvgIpc) is 2.74. The predicted octanol–water partition coefficient (Wildman–Crippen LogP) is 0.263. The Kier molecular flexibility index (Phi) is 6.94. The molecule has 1 aliphatic rings. The van der Waals surface area contributed by atoms with E-state index in [1.54, 1.807) is 24.5 Å². The van der Waals surface area contributed by atoms with Crippen LogP contribution in [0.4, 0.5) is 10.3 Å². The molecule has 1 amide bonds. The number of carbonyl (C=O) groups is 1. The van der Waals surface area contributed by atoms with Gasteiger partial charge in [0.1, 0.15) is 0 Å². The number of amides is 1. The molecule has 11 heteroatoms. The normalized spacial score (nSPS) is 15.1. The Morgan fingerprint density at radius 2 is 1.79 bits per heavy atom. The summed E-state index contributed by atoms with van der Waals surface area (Å²) in [5, 5.41) is 2.48. The Morgan fingerprint density at radius 3 is 2.48 bits per heavy atom. The lowest BCUT2D eigenvalue weighted by molar-refractivity contribution is -0.123. The molecule has 156 valence electrons. The van der Waals surface area contributed by atoms with Gasteiger partial charge in [0, 0.05) is 45.1 Å². The maximum Gasteiger partial charge on any atom is 0.257 e. The molecule has 1 saturated heterocycles. The minimum Gasteiger partial charge on any atom is -0.481 e. The second kappa shape index (κ2) is 9.61. The first-order valence-electron chi connectivity index (χ1n) is 9.09. The van der Waals surface area contributed by atoms with Gasteiger partial charge in [0.05, 0.1) is 5.75 Å². The van der Waals surface area contributed by atoms with Crippen molar-refractivity contribution in [1.82, 2.24) is 19.6 Å². The van der Waals surface area contributed by atoms with E-state index in [9.17, 15) is 17.6 Å². The van der Waals surface area contributed by atoms with Crippen LogP contribution in [0.25, 0.3) is 0 Å². The lowest BCUT2D eigenvalue weighted by Gasteiger charge is -2.33. The maximum atomic E-state index is 13.4. The molecular weight excluding hydrogens is 401 g/mol. The summed E-state index contributed by atoms with van der Waals surface area (Å²) in [6, 6.07) is 7.46. The van der Waals surface area contributed by atoms with Crippen LogP contribution >= 0.6 is 0 Å². The highest BCUT2D eigenvalue weighted by atomic mass is 32.2. The van der Waals surface area contributed by atoms with E-state index < -0.39 is 28.4 Å². The number of halogens is 1. The third kappa shape index (κ3) is 5.84. The van der Waals surface area contributed by atoms with Crippen molar-refractivity contribution in [2.45, 2.75) is 0 Å². The topological polar surface area (TPSA) is 105 Å². The first-order valence-corrected chi connectivity index (χ1v) is 10.7. The molecule has 0 spiro atoms. The second-order valence-corrected chi connectivity index (χ2v) is 8.41. The van der Waals surface area contributed by atoms with Gasteiger partial charge < -0.3 is 15.0 Å². The van der Waals surface area contributed by atoms with E-state index in [0.717, 1.165) is 0 Å². The number of piperazine rings is 1. The Bertz CT molecular complexity index is 921. The van der Waals surface area contributed by atoms with Crippen molar-refractivity contribution in [2.24, 2.45) is 0 Å². The molecule has 0 atom stereocenters. The Balaban J connectivity index is 1.40. The van der Waals surface area contributed by atoms with Crippen LogP contribution in [0, 0.1) is 5.82 Å². The van der Waals surface area contributed by atoms with Crippen molar-refractivity contribution in [1.29, 1.82) is 0 Å². The summed E-state index contributed by atoms with van der Waals surface area (Å²) in [5.41, 5.74) is 0. The van der Waals surface area contributed by atoms with Gasteiger partial charge in [-0.15, -0.1) is 0 Å². The largest absolute Gasteiger partial charge is 0.481 e. The number of nitrogens with one attached hydrogen (secondary N) is 1. The quantitative estimate of drug-likeness (QED) is 0.650. The van der Waals surface area contributed by atoms with Gasteiger partial charge in [-0.25, -0.2) is 22.8 Å². The van der Waals surface area contributed by atoms with E-state index in [-0.39, 0.29) is 18.0 Å². The molecule has 29 heavy (non-hydrogen) atoms. The van der Waals surface area contributed by atoms with E-state index in [1.807, 2.05) is 4.90 Å². The second-order valence-electron chi connectivity index (χ2n) is 6.32. The van der Waals surface area contributed by atoms with Gasteiger partial charge in [-0.05, 0) is 18.2 Å². The van der Waals surface area contributed by atoms with Crippen molar-refractivity contribution >= 4 is 21.9 Å². The zero-order valence-corrected chi connectivity index (χ0v) is 16.5. The van der Waals surface area contributed by atoms with Gasteiger partial charge in [-0.2, -0.15) is 4.31 Å². The molecule has 2 heterocycles. The summed E-state index contributed by atoms with van der Waals surface area (Å²) >= 11 is 0. The van der Waals surface area contributed by atoms with Gasteiger partial charge in [-0.3, -0.25) is 4.79 Å². The van der Waals surface area contributed by atoms with E-state index in [0.29, 0.717) is 32.1 Å². The lowest BCUT2D eigenvalue weighted by Crippen LogP contribution is -2.50. The number of nitrogens with zero attached hydrogens (tertiary/aromatic N) is 4. The van der Waals surface area contributed by atoms with Gasteiger partial charge >= 0.3 is 0 Å². The predicted molar refractivity (Wildman–Crippen MR) is 105 cm³/mol. The Labute approximate surface area is 168 Å².